The SMILES string of the molecule is CC[C@@]1(C)CCC[C@@H](N(C)c2ncc(-c3ccc(-n4ccnc4)cc3O)nn2)[C@H]1F. The first-order chi connectivity index (χ1) is 14.4. The minimum absolute atomic E-state index is 0.0771. The third-order valence-corrected chi connectivity index (χ3v) is 6.48. The number of nitrogens with zero attached hydrogens (tertiary/aromatic N) is 6. The Morgan fingerprint density at radius 1 is 1.33 bits per heavy atom. The number of hydrogen-bond donors (Lipinski definition) is 1. The van der Waals surface area contributed by atoms with E-state index in [0.717, 1.165) is 31.4 Å². The van der Waals surface area contributed by atoms with E-state index in [2.05, 4.69) is 20.2 Å². The van der Waals surface area contributed by atoms with Crippen LogP contribution in [0.25, 0.3) is 16.9 Å². The maximum absolute atomic E-state index is 15.2. The van der Waals surface area contributed by atoms with Gasteiger partial charge in [-0.05, 0) is 31.4 Å². The second-order valence-electron chi connectivity index (χ2n) is 8.29. The summed E-state index contributed by atoms with van der Waals surface area (Å²) in [4.78, 5) is 10.2. The average Bonchev–Trinajstić information content (AvgIpc) is 3.30. The monoisotopic (exact) mass is 410 g/mol. The topological polar surface area (TPSA) is 80.0 Å². The third-order valence-electron chi connectivity index (χ3n) is 6.48. The summed E-state index contributed by atoms with van der Waals surface area (Å²) in [7, 11) is 1.83. The lowest BCUT2D eigenvalue weighted by molar-refractivity contribution is 0.0490. The number of benzene rings is 1. The van der Waals surface area contributed by atoms with Crippen molar-refractivity contribution in [3.05, 3.63) is 43.1 Å². The van der Waals surface area contributed by atoms with E-state index < -0.39 is 6.17 Å². The lowest BCUT2D eigenvalue weighted by atomic mass is 9.70. The predicted octanol–water partition coefficient (Wildman–Crippen LogP) is 4.17. The Kier molecular flexibility index (Phi) is 5.40. The van der Waals surface area contributed by atoms with Crippen LogP contribution >= 0.6 is 0 Å². The first-order valence-electron chi connectivity index (χ1n) is 10.3. The van der Waals surface area contributed by atoms with Crippen molar-refractivity contribution >= 4 is 5.95 Å². The molecule has 0 bridgehead atoms. The third kappa shape index (κ3) is 3.62. The molecule has 0 unspecified atom stereocenters. The summed E-state index contributed by atoms with van der Waals surface area (Å²) in [5.41, 5.74) is 1.47. The normalized spacial score (nSPS) is 24.0. The quantitative estimate of drug-likeness (QED) is 0.680. The highest BCUT2D eigenvalue weighted by molar-refractivity contribution is 5.68. The van der Waals surface area contributed by atoms with Crippen LogP contribution in [0.4, 0.5) is 10.3 Å². The molecule has 0 saturated heterocycles. The molecule has 1 aliphatic rings. The molecule has 0 amide bonds. The minimum atomic E-state index is -0.940. The number of alkyl halides is 1. The molecule has 2 heterocycles. The predicted molar refractivity (Wildman–Crippen MR) is 113 cm³/mol. The van der Waals surface area contributed by atoms with E-state index in [9.17, 15) is 5.11 Å². The zero-order valence-corrected chi connectivity index (χ0v) is 17.5. The lowest BCUT2D eigenvalue weighted by Crippen LogP contribution is -2.50. The molecule has 3 atom stereocenters. The molecule has 8 heteroatoms. The number of anilines is 1. The Labute approximate surface area is 175 Å². The van der Waals surface area contributed by atoms with E-state index in [0.29, 0.717) is 17.2 Å². The molecule has 1 N–H and O–H groups in total. The van der Waals surface area contributed by atoms with Gasteiger partial charge in [0, 0.05) is 36.5 Å². The number of phenolic OH excluding ortho intramolecular Hbond substituents is 1. The number of phenols is 1. The first-order valence-corrected chi connectivity index (χ1v) is 10.3. The largest absolute Gasteiger partial charge is 0.507 e. The highest BCUT2D eigenvalue weighted by Crippen LogP contribution is 2.43. The van der Waals surface area contributed by atoms with Crippen LogP contribution < -0.4 is 4.90 Å². The van der Waals surface area contributed by atoms with Crippen molar-refractivity contribution in [3.63, 3.8) is 0 Å². The molecule has 158 valence electrons. The van der Waals surface area contributed by atoms with Crippen LogP contribution in [0.5, 0.6) is 5.75 Å². The molecule has 1 saturated carbocycles. The number of halogens is 1. The van der Waals surface area contributed by atoms with Gasteiger partial charge in [-0.2, -0.15) is 0 Å². The Balaban J connectivity index is 1.54. The Bertz CT molecular complexity index is 993. The van der Waals surface area contributed by atoms with E-state index in [4.69, 9.17) is 0 Å². The van der Waals surface area contributed by atoms with Gasteiger partial charge >= 0.3 is 0 Å². The van der Waals surface area contributed by atoms with Crippen molar-refractivity contribution in [2.75, 3.05) is 11.9 Å². The Morgan fingerprint density at radius 2 is 2.17 bits per heavy atom. The van der Waals surface area contributed by atoms with Gasteiger partial charge in [0.2, 0.25) is 5.95 Å². The summed E-state index contributed by atoms with van der Waals surface area (Å²) in [5.74, 6) is 0.467. The van der Waals surface area contributed by atoms with Gasteiger partial charge in [-0.1, -0.05) is 20.3 Å². The number of aromatic hydroxyl groups is 1. The van der Waals surface area contributed by atoms with Crippen LogP contribution in [-0.2, 0) is 0 Å². The maximum atomic E-state index is 15.2. The van der Waals surface area contributed by atoms with Gasteiger partial charge in [-0.25, -0.2) is 14.4 Å². The van der Waals surface area contributed by atoms with Gasteiger partial charge in [0.25, 0.3) is 0 Å². The second kappa shape index (κ2) is 8.01. The number of hydrogen-bond acceptors (Lipinski definition) is 6. The fraction of sp³-hybridized carbons (Fsp3) is 0.455. The Hall–Kier alpha value is -3.03. The van der Waals surface area contributed by atoms with Gasteiger partial charge in [0.1, 0.15) is 17.6 Å². The molecule has 2 aromatic heterocycles. The van der Waals surface area contributed by atoms with E-state index in [1.54, 1.807) is 46.5 Å². The number of rotatable bonds is 5. The molecular formula is C22H27FN6O. The zero-order chi connectivity index (χ0) is 21.3. The smallest absolute Gasteiger partial charge is 0.245 e. The highest BCUT2D eigenvalue weighted by Gasteiger charge is 2.43. The van der Waals surface area contributed by atoms with Gasteiger partial charge < -0.3 is 14.6 Å². The summed E-state index contributed by atoms with van der Waals surface area (Å²) >= 11 is 0. The molecule has 4 rings (SSSR count). The standard InChI is InChI=1S/C22H27FN6O/c1-4-22(2)9-5-6-18(20(22)23)28(3)21-25-13-17(26-27-21)16-8-7-15(12-19(16)30)29-11-10-24-14-29/h7-8,10-14,18,20,30H,4-6,9H2,1-3H3/t18-,20-,22+/m1/s1. The van der Waals surface area contributed by atoms with Gasteiger partial charge in [-0.15, -0.1) is 10.2 Å². The zero-order valence-electron chi connectivity index (χ0n) is 17.5. The molecular weight excluding hydrogens is 383 g/mol. The van der Waals surface area contributed by atoms with Crippen LogP contribution in [0.3, 0.4) is 0 Å². The maximum Gasteiger partial charge on any atom is 0.245 e. The molecule has 1 fully saturated rings. The second-order valence-corrected chi connectivity index (χ2v) is 8.29. The van der Waals surface area contributed by atoms with Gasteiger partial charge in [0.05, 0.1) is 24.3 Å². The van der Waals surface area contributed by atoms with Crippen molar-refractivity contribution in [1.82, 2.24) is 24.7 Å². The van der Waals surface area contributed by atoms with E-state index in [1.807, 2.05) is 27.0 Å². The van der Waals surface area contributed by atoms with Crippen molar-refractivity contribution in [2.24, 2.45) is 5.41 Å². The van der Waals surface area contributed by atoms with Crippen LogP contribution in [0.1, 0.15) is 39.5 Å². The van der Waals surface area contributed by atoms with E-state index >= 15 is 4.39 Å². The molecule has 0 aliphatic heterocycles. The fourth-order valence-corrected chi connectivity index (χ4v) is 4.24. The molecule has 0 spiro atoms. The summed E-state index contributed by atoms with van der Waals surface area (Å²) in [6, 6.07) is 5.00. The molecule has 3 aromatic rings. The number of aromatic nitrogens is 5. The minimum Gasteiger partial charge on any atom is -0.507 e. The van der Waals surface area contributed by atoms with Crippen LogP contribution in [-0.4, -0.2) is 49.1 Å². The fourth-order valence-electron chi connectivity index (χ4n) is 4.24. The van der Waals surface area contributed by atoms with Crippen molar-refractivity contribution in [1.29, 1.82) is 0 Å². The average molecular weight is 410 g/mol. The van der Waals surface area contributed by atoms with Crippen LogP contribution in [0.2, 0.25) is 0 Å². The highest BCUT2D eigenvalue weighted by atomic mass is 19.1. The molecule has 30 heavy (non-hydrogen) atoms. The van der Waals surface area contributed by atoms with Crippen LogP contribution in [0, 0.1) is 5.41 Å². The lowest BCUT2D eigenvalue weighted by Gasteiger charge is -2.44. The van der Waals surface area contributed by atoms with E-state index in [1.165, 1.54) is 0 Å². The van der Waals surface area contributed by atoms with Gasteiger partial charge in [0.15, 0.2) is 0 Å². The molecule has 1 aromatic carbocycles. The van der Waals surface area contributed by atoms with Crippen LogP contribution in [0.15, 0.2) is 43.1 Å². The Morgan fingerprint density at radius 3 is 2.80 bits per heavy atom. The number of imidazole rings is 1. The summed E-state index contributed by atoms with van der Waals surface area (Å²) < 4.78 is 17.0. The molecule has 0 radical (unpaired) electrons. The molecule has 1 aliphatic carbocycles. The van der Waals surface area contributed by atoms with Crippen molar-refractivity contribution in [3.8, 4) is 22.7 Å². The summed E-state index contributed by atoms with van der Waals surface area (Å²) in [5, 5.41) is 18.9. The summed E-state index contributed by atoms with van der Waals surface area (Å²) in [6.45, 7) is 4.07. The molecule has 7 nitrogen and oxygen atoms in total. The van der Waals surface area contributed by atoms with Crippen molar-refractivity contribution in [2.45, 2.75) is 51.7 Å². The first kappa shape index (κ1) is 20.3. The van der Waals surface area contributed by atoms with Crippen molar-refractivity contribution < 1.29 is 9.50 Å². The van der Waals surface area contributed by atoms with Gasteiger partial charge in [-0.3, -0.25) is 0 Å². The summed E-state index contributed by atoms with van der Waals surface area (Å²) in [6.07, 6.45) is 9.24. The van der Waals surface area contributed by atoms with E-state index in [-0.39, 0.29) is 17.2 Å².